The van der Waals surface area contributed by atoms with Crippen LogP contribution in [0.2, 0.25) is 0 Å². The summed E-state index contributed by atoms with van der Waals surface area (Å²) < 4.78 is 5.00. The predicted octanol–water partition coefficient (Wildman–Crippen LogP) is 3.35. The average Bonchev–Trinajstić information content (AvgIpc) is 2.54. The van der Waals surface area contributed by atoms with Crippen molar-refractivity contribution in [3.63, 3.8) is 0 Å². The molecule has 2 aromatic rings. The first-order valence-electron chi connectivity index (χ1n) is 7.21. The second-order valence-electron chi connectivity index (χ2n) is 5.04. The number of hydrogen-bond donors (Lipinski definition) is 1. The molecule has 0 aliphatic carbocycles. The Hall–Kier alpha value is -2.62. The molecule has 0 atom stereocenters. The van der Waals surface area contributed by atoms with E-state index in [9.17, 15) is 9.59 Å². The summed E-state index contributed by atoms with van der Waals surface area (Å²) in [6, 6.07) is 14.6. The van der Waals surface area contributed by atoms with Gasteiger partial charge in [0, 0.05) is 5.69 Å². The van der Waals surface area contributed by atoms with Gasteiger partial charge in [-0.1, -0.05) is 36.8 Å². The Bertz CT molecular complexity index is 645. The number of ether oxygens (including phenoxy) is 1. The van der Waals surface area contributed by atoms with E-state index in [4.69, 9.17) is 4.74 Å². The monoisotopic (exact) mass is 297 g/mol. The van der Waals surface area contributed by atoms with Crippen molar-refractivity contribution in [1.29, 1.82) is 0 Å². The first-order chi connectivity index (χ1) is 10.6. The van der Waals surface area contributed by atoms with Crippen molar-refractivity contribution in [3.8, 4) is 0 Å². The fraction of sp³-hybridized carbons (Fsp3) is 0.222. The second kappa shape index (κ2) is 7.41. The quantitative estimate of drug-likeness (QED) is 0.861. The highest BCUT2D eigenvalue weighted by atomic mass is 16.5. The summed E-state index contributed by atoms with van der Waals surface area (Å²) in [7, 11) is 0. The molecule has 4 nitrogen and oxygen atoms in total. The van der Waals surface area contributed by atoms with Crippen molar-refractivity contribution in [2.75, 3.05) is 11.9 Å². The van der Waals surface area contributed by atoms with Crippen LogP contribution in [0.3, 0.4) is 0 Å². The summed E-state index contributed by atoms with van der Waals surface area (Å²) in [6.07, 6.45) is 0.947. The first kappa shape index (κ1) is 15.8. The van der Waals surface area contributed by atoms with Crippen LogP contribution in [0.4, 0.5) is 5.69 Å². The van der Waals surface area contributed by atoms with Gasteiger partial charge in [-0.05, 0) is 43.2 Å². The van der Waals surface area contributed by atoms with Crippen LogP contribution in [0.5, 0.6) is 0 Å². The van der Waals surface area contributed by atoms with Gasteiger partial charge in [-0.25, -0.2) is 4.79 Å². The van der Waals surface area contributed by atoms with E-state index in [2.05, 4.69) is 12.2 Å². The van der Waals surface area contributed by atoms with Gasteiger partial charge in [0.1, 0.15) is 0 Å². The Morgan fingerprint density at radius 1 is 1.00 bits per heavy atom. The summed E-state index contributed by atoms with van der Waals surface area (Å²) >= 11 is 0. The van der Waals surface area contributed by atoms with Crippen LogP contribution in [0.15, 0.2) is 48.5 Å². The topological polar surface area (TPSA) is 55.4 Å². The third kappa shape index (κ3) is 4.45. The third-order valence-electron chi connectivity index (χ3n) is 3.27. The summed E-state index contributed by atoms with van der Waals surface area (Å²) in [5.74, 6) is -0.860. The number of rotatable bonds is 5. The van der Waals surface area contributed by atoms with Crippen molar-refractivity contribution in [2.45, 2.75) is 20.3 Å². The SMILES string of the molecule is CCc1ccc(NC(=O)COC(=O)c2ccc(C)cc2)cc1. The highest BCUT2D eigenvalue weighted by Gasteiger charge is 2.10. The number of amides is 1. The van der Waals surface area contributed by atoms with Crippen LogP contribution in [-0.4, -0.2) is 18.5 Å². The van der Waals surface area contributed by atoms with Gasteiger partial charge in [0.05, 0.1) is 5.56 Å². The van der Waals surface area contributed by atoms with Crippen LogP contribution in [0, 0.1) is 6.92 Å². The van der Waals surface area contributed by atoms with E-state index < -0.39 is 5.97 Å². The molecule has 0 aliphatic heterocycles. The number of carbonyl (C=O) groups excluding carboxylic acids is 2. The van der Waals surface area contributed by atoms with Crippen LogP contribution < -0.4 is 5.32 Å². The van der Waals surface area contributed by atoms with Crippen molar-refractivity contribution < 1.29 is 14.3 Å². The Balaban J connectivity index is 1.84. The van der Waals surface area contributed by atoms with E-state index >= 15 is 0 Å². The molecule has 1 amide bonds. The van der Waals surface area contributed by atoms with Crippen LogP contribution >= 0.6 is 0 Å². The molecule has 0 fully saturated rings. The zero-order chi connectivity index (χ0) is 15.9. The minimum atomic E-state index is -0.503. The lowest BCUT2D eigenvalue weighted by molar-refractivity contribution is -0.119. The Morgan fingerprint density at radius 2 is 1.64 bits per heavy atom. The molecule has 0 spiro atoms. The molecule has 0 saturated carbocycles. The van der Waals surface area contributed by atoms with E-state index in [-0.39, 0.29) is 12.5 Å². The summed E-state index contributed by atoms with van der Waals surface area (Å²) in [4.78, 5) is 23.6. The third-order valence-corrected chi connectivity index (χ3v) is 3.27. The predicted molar refractivity (Wildman–Crippen MR) is 85.9 cm³/mol. The molecule has 0 radical (unpaired) electrons. The van der Waals surface area contributed by atoms with E-state index in [1.165, 1.54) is 5.56 Å². The highest BCUT2D eigenvalue weighted by Crippen LogP contribution is 2.10. The maximum absolute atomic E-state index is 11.8. The lowest BCUT2D eigenvalue weighted by Crippen LogP contribution is -2.20. The molecule has 0 heterocycles. The summed E-state index contributed by atoms with van der Waals surface area (Å²) in [5, 5.41) is 2.69. The van der Waals surface area contributed by atoms with Crippen molar-refractivity contribution in [3.05, 3.63) is 65.2 Å². The average molecular weight is 297 g/mol. The number of benzene rings is 2. The molecule has 2 aromatic carbocycles. The largest absolute Gasteiger partial charge is 0.452 e. The lowest BCUT2D eigenvalue weighted by Gasteiger charge is -2.07. The van der Waals surface area contributed by atoms with Gasteiger partial charge in [0.25, 0.3) is 5.91 Å². The molecule has 0 saturated heterocycles. The summed E-state index contributed by atoms with van der Waals surface area (Å²) in [6.45, 7) is 3.70. The molecule has 0 unspecified atom stereocenters. The van der Waals surface area contributed by atoms with Gasteiger partial charge in [-0.15, -0.1) is 0 Å². The normalized spacial score (nSPS) is 10.1. The van der Waals surface area contributed by atoms with Crippen molar-refractivity contribution >= 4 is 17.6 Å². The fourth-order valence-corrected chi connectivity index (χ4v) is 1.92. The molecule has 0 aromatic heterocycles. The number of aryl methyl sites for hydroxylation is 2. The minimum absolute atomic E-state index is 0.303. The molecule has 0 bridgehead atoms. The zero-order valence-corrected chi connectivity index (χ0v) is 12.8. The van der Waals surface area contributed by atoms with Gasteiger partial charge < -0.3 is 10.1 Å². The molecule has 4 heteroatoms. The lowest BCUT2D eigenvalue weighted by atomic mass is 10.1. The molecule has 1 N–H and O–H groups in total. The van der Waals surface area contributed by atoms with Crippen LogP contribution in [0.1, 0.15) is 28.4 Å². The van der Waals surface area contributed by atoms with Crippen molar-refractivity contribution in [2.24, 2.45) is 0 Å². The number of carbonyl (C=O) groups is 2. The number of nitrogens with one attached hydrogen (secondary N) is 1. The Labute approximate surface area is 130 Å². The van der Waals surface area contributed by atoms with Crippen LogP contribution in [-0.2, 0) is 16.0 Å². The van der Waals surface area contributed by atoms with Gasteiger partial charge in [0.2, 0.25) is 0 Å². The Morgan fingerprint density at radius 3 is 2.23 bits per heavy atom. The maximum Gasteiger partial charge on any atom is 0.338 e. The second-order valence-corrected chi connectivity index (χ2v) is 5.04. The van der Waals surface area contributed by atoms with E-state index in [0.717, 1.165) is 12.0 Å². The molecule has 114 valence electrons. The van der Waals surface area contributed by atoms with E-state index in [1.54, 1.807) is 12.1 Å². The maximum atomic E-state index is 11.8. The molecule has 0 aliphatic rings. The number of anilines is 1. The van der Waals surface area contributed by atoms with Gasteiger partial charge in [0.15, 0.2) is 6.61 Å². The number of esters is 1. The fourth-order valence-electron chi connectivity index (χ4n) is 1.92. The summed E-state index contributed by atoms with van der Waals surface area (Å²) in [5.41, 5.74) is 3.38. The van der Waals surface area contributed by atoms with E-state index in [1.807, 2.05) is 43.3 Å². The van der Waals surface area contributed by atoms with Crippen molar-refractivity contribution in [1.82, 2.24) is 0 Å². The van der Waals surface area contributed by atoms with E-state index in [0.29, 0.717) is 11.3 Å². The molecular formula is C18H19NO3. The van der Waals surface area contributed by atoms with Crippen LogP contribution in [0.25, 0.3) is 0 Å². The standard InChI is InChI=1S/C18H19NO3/c1-3-14-6-10-16(11-7-14)19-17(20)12-22-18(21)15-8-4-13(2)5-9-15/h4-11H,3,12H2,1-2H3,(H,19,20). The van der Waals surface area contributed by atoms with Gasteiger partial charge >= 0.3 is 5.97 Å². The molecular weight excluding hydrogens is 278 g/mol. The minimum Gasteiger partial charge on any atom is -0.452 e. The smallest absolute Gasteiger partial charge is 0.338 e. The Kier molecular flexibility index (Phi) is 5.31. The number of hydrogen-bond acceptors (Lipinski definition) is 3. The highest BCUT2D eigenvalue weighted by molar-refractivity contribution is 5.95. The first-order valence-corrected chi connectivity index (χ1v) is 7.21. The van der Waals surface area contributed by atoms with Gasteiger partial charge in [-0.3, -0.25) is 4.79 Å². The molecule has 22 heavy (non-hydrogen) atoms. The van der Waals surface area contributed by atoms with Gasteiger partial charge in [-0.2, -0.15) is 0 Å². The zero-order valence-electron chi connectivity index (χ0n) is 12.8. The molecule has 2 rings (SSSR count).